The summed E-state index contributed by atoms with van der Waals surface area (Å²) in [6.45, 7) is 7.60. The summed E-state index contributed by atoms with van der Waals surface area (Å²) in [7, 11) is 0. The average molecular weight is 298 g/mol. The molecule has 3 rings (SSSR count). The molecule has 0 bridgehead atoms. The van der Waals surface area contributed by atoms with Crippen molar-refractivity contribution in [1.82, 2.24) is 10.2 Å². The first kappa shape index (κ1) is 15.3. The maximum atomic E-state index is 5.57. The predicted octanol–water partition coefficient (Wildman–Crippen LogP) is 3.32. The Kier molecular flexibility index (Phi) is 4.96. The molecule has 2 unspecified atom stereocenters. The normalized spacial score (nSPS) is 23.0. The first-order valence-electron chi connectivity index (χ1n) is 8.26. The van der Waals surface area contributed by atoms with Gasteiger partial charge in [0.15, 0.2) is 0 Å². The van der Waals surface area contributed by atoms with Crippen molar-refractivity contribution in [3.05, 3.63) is 60.1 Å². The molecule has 118 valence electrons. The van der Waals surface area contributed by atoms with Crippen LogP contribution in [0.4, 0.5) is 0 Å². The van der Waals surface area contributed by atoms with Gasteiger partial charge in [-0.3, -0.25) is 4.90 Å². The topological polar surface area (TPSA) is 28.4 Å². The Balaban J connectivity index is 1.71. The van der Waals surface area contributed by atoms with E-state index in [1.807, 2.05) is 6.07 Å². The molecule has 1 saturated heterocycles. The zero-order chi connectivity index (χ0) is 15.4. The van der Waals surface area contributed by atoms with Crippen LogP contribution in [-0.2, 0) is 13.0 Å². The Morgan fingerprint density at radius 1 is 1.18 bits per heavy atom. The second-order valence-corrected chi connectivity index (χ2v) is 6.61. The zero-order valence-electron chi connectivity index (χ0n) is 13.5. The van der Waals surface area contributed by atoms with E-state index in [9.17, 15) is 0 Å². The van der Waals surface area contributed by atoms with E-state index in [0.717, 1.165) is 31.8 Å². The maximum Gasteiger partial charge on any atom is 0.117 e. The molecular formula is C19H26N2O. The van der Waals surface area contributed by atoms with Crippen molar-refractivity contribution < 1.29 is 4.42 Å². The Morgan fingerprint density at radius 2 is 2.00 bits per heavy atom. The Labute approximate surface area is 133 Å². The van der Waals surface area contributed by atoms with Crippen molar-refractivity contribution in [3.63, 3.8) is 0 Å². The summed E-state index contributed by atoms with van der Waals surface area (Å²) < 4.78 is 5.57. The van der Waals surface area contributed by atoms with Crippen LogP contribution in [0.5, 0.6) is 0 Å². The summed E-state index contributed by atoms with van der Waals surface area (Å²) in [4.78, 5) is 2.58. The quantitative estimate of drug-likeness (QED) is 0.918. The smallest absolute Gasteiger partial charge is 0.117 e. The largest absolute Gasteiger partial charge is 0.468 e. The summed E-state index contributed by atoms with van der Waals surface area (Å²) in [5, 5.41) is 3.73. The minimum absolute atomic E-state index is 0.516. The first-order chi connectivity index (χ1) is 10.7. The SMILES string of the molecule is CC(C)C1CN(Cc2ccco2)C(Cc2ccccc2)CN1. The van der Waals surface area contributed by atoms with E-state index >= 15 is 0 Å². The van der Waals surface area contributed by atoms with Gasteiger partial charge < -0.3 is 9.73 Å². The van der Waals surface area contributed by atoms with E-state index in [1.165, 1.54) is 5.56 Å². The van der Waals surface area contributed by atoms with Crippen molar-refractivity contribution in [2.45, 2.75) is 38.9 Å². The van der Waals surface area contributed by atoms with Crippen molar-refractivity contribution in [1.29, 1.82) is 0 Å². The molecule has 3 nitrogen and oxygen atoms in total. The Morgan fingerprint density at radius 3 is 2.68 bits per heavy atom. The number of hydrogen-bond acceptors (Lipinski definition) is 3. The fraction of sp³-hybridized carbons (Fsp3) is 0.474. The number of hydrogen-bond donors (Lipinski definition) is 1. The van der Waals surface area contributed by atoms with Gasteiger partial charge in [0.2, 0.25) is 0 Å². The molecule has 22 heavy (non-hydrogen) atoms. The minimum Gasteiger partial charge on any atom is -0.468 e. The van der Waals surface area contributed by atoms with E-state index in [0.29, 0.717) is 18.0 Å². The molecule has 1 fully saturated rings. The third-order valence-corrected chi connectivity index (χ3v) is 4.62. The molecule has 0 spiro atoms. The third-order valence-electron chi connectivity index (χ3n) is 4.62. The van der Waals surface area contributed by atoms with Crippen molar-refractivity contribution >= 4 is 0 Å². The molecule has 1 aliphatic rings. The highest BCUT2D eigenvalue weighted by atomic mass is 16.3. The van der Waals surface area contributed by atoms with Crippen LogP contribution in [0.1, 0.15) is 25.2 Å². The highest BCUT2D eigenvalue weighted by molar-refractivity contribution is 5.16. The van der Waals surface area contributed by atoms with Gasteiger partial charge in [-0.15, -0.1) is 0 Å². The Hall–Kier alpha value is -1.58. The summed E-state index contributed by atoms with van der Waals surface area (Å²) in [5.74, 6) is 1.71. The third kappa shape index (κ3) is 3.79. The standard InChI is InChI=1S/C19H26N2O/c1-15(2)19-14-21(13-18-9-6-10-22-18)17(12-20-19)11-16-7-4-3-5-8-16/h3-10,15,17,19-20H,11-14H2,1-2H3. The molecule has 1 aromatic carbocycles. The minimum atomic E-state index is 0.516. The average Bonchev–Trinajstić information content (AvgIpc) is 3.03. The highest BCUT2D eigenvalue weighted by Gasteiger charge is 2.29. The van der Waals surface area contributed by atoms with Gasteiger partial charge in [0, 0.05) is 25.2 Å². The van der Waals surface area contributed by atoms with Crippen LogP contribution >= 0.6 is 0 Å². The van der Waals surface area contributed by atoms with Gasteiger partial charge >= 0.3 is 0 Å². The second kappa shape index (κ2) is 7.12. The lowest BCUT2D eigenvalue weighted by Gasteiger charge is -2.41. The monoisotopic (exact) mass is 298 g/mol. The molecule has 2 heterocycles. The molecule has 1 aliphatic heterocycles. The van der Waals surface area contributed by atoms with Crippen LogP contribution in [0.25, 0.3) is 0 Å². The van der Waals surface area contributed by atoms with Crippen LogP contribution in [0.3, 0.4) is 0 Å². The molecule has 0 saturated carbocycles. The number of nitrogens with zero attached hydrogens (tertiary/aromatic N) is 1. The van der Waals surface area contributed by atoms with E-state index in [4.69, 9.17) is 4.42 Å². The van der Waals surface area contributed by atoms with Gasteiger partial charge in [-0.25, -0.2) is 0 Å². The van der Waals surface area contributed by atoms with E-state index < -0.39 is 0 Å². The molecule has 2 atom stereocenters. The van der Waals surface area contributed by atoms with E-state index in [-0.39, 0.29) is 0 Å². The molecule has 0 aliphatic carbocycles. The van der Waals surface area contributed by atoms with Crippen molar-refractivity contribution in [2.24, 2.45) is 5.92 Å². The van der Waals surface area contributed by atoms with Crippen LogP contribution in [0, 0.1) is 5.92 Å². The number of furan rings is 1. The molecule has 1 N–H and O–H groups in total. The van der Waals surface area contributed by atoms with Crippen molar-refractivity contribution in [3.8, 4) is 0 Å². The Bertz CT molecular complexity index is 550. The first-order valence-corrected chi connectivity index (χ1v) is 8.26. The highest BCUT2D eigenvalue weighted by Crippen LogP contribution is 2.19. The van der Waals surface area contributed by atoms with Gasteiger partial charge in [0.25, 0.3) is 0 Å². The summed E-state index contributed by atoms with van der Waals surface area (Å²) in [6.07, 6.45) is 2.85. The van der Waals surface area contributed by atoms with Crippen LogP contribution in [0.2, 0.25) is 0 Å². The number of benzene rings is 1. The van der Waals surface area contributed by atoms with Gasteiger partial charge in [0.1, 0.15) is 5.76 Å². The molecule has 0 radical (unpaired) electrons. The second-order valence-electron chi connectivity index (χ2n) is 6.61. The number of nitrogens with one attached hydrogen (secondary N) is 1. The molecule has 2 aromatic rings. The lowest BCUT2D eigenvalue weighted by molar-refractivity contribution is 0.0982. The van der Waals surface area contributed by atoms with E-state index in [2.05, 4.69) is 60.5 Å². The van der Waals surface area contributed by atoms with Crippen LogP contribution in [0.15, 0.2) is 53.1 Å². The van der Waals surface area contributed by atoms with E-state index in [1.54, 1.807) is 6.26 Å². The molecule has 0 amide bonds. The van der Waals surface area contributed by atoms with Crippen LogP contribution < -0.4 is 5.32 Å². The van der Waals surface area contributed by atoms with Gasteiger partial charge in [-0.1, -0.05) is 44.2 Å². The summed E-state index contributed by atoms with van der Waals surface area (Å²) >= 11 is 0. The van der Waals surface area contributed by atoms with Crippen LogP contribution in [-0.4, -0.2) is 30.1 Å². The fourth-order valence-corrected chi connectivity index (χ4v) is 3.21. The number of rotatable bonds is 5. The summed E-state index contributed by atoms with van der Waals surface area (Å²) in [5.41, 5.74) is 1.40. The van der Waals surface area contributed by atoms with Crippen molar-refractivity contribution in [2.75, 3.05) is 13.1 Å². The zero-order valence-corrected chi connectivity index (χ0v) is 13.5. The summed E-state index contributed by atoms with van der Waals surface area (Å²) in [6, 6.07) is 15.9. The van der Waals surface area contributed by atoms with Gasteiger partial charge in [0.05, 0.1) is 12.8 Å². The van der Waals surface area contributed by atoms with Gasteiger partial charge in [-0.05, 0) is 30.0 Å². The lowest BCUT2D eigenvalue weighted by Crippen LogP contribution is -2.58. The number of piperazine rings is 1. The predicted molar refractivity (Wildman–Crippen MR) is 89.7 cm³/mol. The molecule has 3 heteroatoms. The lowest BCUT2D eigenvalue weighted by atomic mass is 9.96. The molecular weight excluding hydrogens is 272 g/mol. The fourth-order valence-electron chi connectivity index (χ4n) is 3.21. The maximum absolute atomic E-state index is 5.57. The van der Waals surface area contributed by atoms with Gasteiger partial charge in [-0.2, -0.15) is 0 Å². The molecule has 1 aromatic heterocycles.